The first kappa shape index (κ1) is 12.4. The van der Waals surface area contributed by atoms with E-state index < -0.39 is 0 Å². The van der Waals surface area contributed by atoms with E-state index in [1.54, 1.807) is 0 Å². The average Bonchev–Trinajstić information content (AvgIpc) is 2.92. The van der Waals surface area contributed by atoms with Gasteiger partial charge in [0.25, 0.3) is 5.91 Å². The van der Waals surface area contributed by atoms with Gasteiger partial charge in [0.1, 0.15) is 0 Å². The van der Waals surface area contributed by atoms with Gasteiger partial charge in [-0.1, -0.05) is 6.07 Å². The maximum absolute atomic E-state index is 12.1. The number of pyridine rings is 1. The molecule has 0 unspecified atom stereocenters. The highest BCUT2D eigenvalue weighted by Gasteiger charge is 2.07. The maximum atomic E-state index is 12.1. The lowest BCUT2D eigenvalue weighted by Crippen LogP contribution is -2.23. The molecule has 0 atom stereocenters. The third-order valence-corrected chi connectivity index (χ3v) is 3.19. The number of amides is 1. The van der Waals surface area contributed by atoms with Crippen LogP contribution in [0.1, 0.15) is 21.7 Å². The van der Waals surface area contributed by atoms with Gasteiger partial charge in [-0.05, 0) is 43.3 Å². The fourth-order valence-electron chi connectivity index (χ4n) is 2.17. The van der Waals surface area contributed by atoms with Gasteiger partial charge < -0.3 is 10.3 Å². The normalized spacial score (nSPS) is 10.7. The van der Waals surface area contributed by atoms with Gasteiger partial charge in [-0.15, -0.1) is 0 Å². The Kier molecular flexibility index (Phi) is 3.21. The first-order valence-corrected chi connectivity index (χ1v) is 6.50. The zero-order chi connectivity index (χ0) is 13.9. The molecule has 0 aliphatic carbocycles. The molecule has 0 fully saturated rings. The molecule has 0 bridgehead atoms. The first-order chi connectivity index (χ1) is 9.72. The zero-order valence-corrected chi connectivity index (χ0v) is 11.2. The Balaban J connectivity index is 1.72. The maximum Gasteiger partial charge on any atom is 0.251 e. The van der Waals surface area contributed by atoms with Gasteiger partial charge in [0.15, 0.2) is 0 Å². The van der Waals surface area contributed by atoms with Crippen molar-refractivity contribution in [3.05, 3.63) is 65.6 Å². The fourth-order valence-corrected chi connectivity index (χ4v) is 2.17. The molecule has 3 aromatic rings. The molecule has 2 heterocycles. The molecule has 20 heavy (non-hydrogen) atoms. The van der Waals surface area contributed by atoms with E-state index in [0.29, 0.717) is 12.1 Å². The average molecular weight is 265 g/mol. The number of nitrogens with zero attached hydrogens (tertiary/aromatic N) is 1. The van der Waals surface area contributed by atoms with Gasteiger partial charge in [-0.2, -0.15) is 0 Å². The predicted octanol–water partition coefficient (Wildman–Crippen LogP) is 2.80. The molecule has 0 saturated carbocycles. The second kappa shape index (κ2) is 5.17. The molecule has 3 rings (SSSR count). The van der Waals surface area contributed by atoms with Crippen LogP contribution in [0.4, 0.5) is 0 Å². The van der Waals surface area contributed by atoms with E-state index in [2.05, 4.69) is 15.3 Å². The number of nitrogens with one attached hydrogen (secondary N) is 2. The number of hydrogen-bond acceptors (Lipinski definition) is 2. The van der Waals surface area contributed by atoms with Crippen molar-refractivity contribution in [2.45, 2.75) is 13.5 Å². The van der Waals surface area contributed by atoms with E-state index in [9.17, 15) is 4.79 Å². The first-order valence-electron chi connectivity index (χ1n) is 6.50. The number of benzene rings is 1. The molecule has 4 nitrogen and oxygen atoms in total. The zero-order valence-electron chi connectivity index (χ0n) is 11.2. The molecular formula is C16H15N3O. The minimum Gasteiger partial charge on any atom is -0.361 e. The number of fused-ring (bicyclic) bond motifs is 1. The lowest BCUT2D eigenvalue weighted by atomic mass is 10.1. The molecular weight excluding hydrogens is 250 g/mol. The molecule has 100 valence electrons. The largest absolute Gasteiger partial charge is 0.361 e. The van der Waals surface area contributed by atoms with Crippen LogP contribution in [0.5, 0.6) is 0 Å². The highest BCUT2D eigenvalue weighted by Crippen LogP contribution is 2.14. The number of carbonyl (C=O) groups excluding carboxylic acids is 1. The molecule has 0 aliphatic heterocycles. The van der Waals surface area contributed by atoms with Gasteiger partial charge in [-0.25, -0.2) is 0 Å². The molecule has 1 aromatic carbocycles. The highest BCUT2D eigenvalue weighted by molar-refractivity contribution is 5.97. The van der Waals surface area contributed by atoms with Crippen molar-refractivity contribution in [2.24, 2.45) is 0 Å². The van der Waals surface area contributed by atoms with Crippen LogP contribution in [-0.4, -0.2) is 15.9 Å². The quantitative estimate of drug-likeness (QED) is 0.765. The van der Waals surface area contributed by atoms with Crippen LogP contribution in [0.25, 0.3) is 10.9 Å². The van der Waals surface area contributed by atoms with Crippen LogP contribution >= 0.6 is 0 Å². The van der Waals surface area contributed by atoms with Gasteiger partial charge in [0, 0.05) is 28.4 Å². The Bertz CT molecular complexity index is 761. The molecule has 0 spiro atoms. The Hall–Kier alpha value is -2.62. The summed E-state index contributed by atoms with van der Waals surface area (Å²) in [6, 6.07) is 13.3. The van der Waals surface area contributed by atoms with Crippen LogP contribution in [-0.2, 0) is 6.54 Å². The Morgan fingerprint density at radius 1 is 1.25 bits per heavy atom. The number of aromatic nitrogens is 2. The number of hydrogen-bond donors (Lipinski definition) is 2. The SMILES string of the molecule is Cc1cccc(CNC(=O)c2ccc3[nH]ccc3c2)n1. The molecule has 2 aromatic heterocycles. The van der Waals surface area contributed by atoms with Crippen LogP contribution in [0, 0.1) is 6.92 Å². The smallest absolute Gasteiger partial charge is 0.251 e. The summed E-state index contributed by atoms with van der Waals surface area (Å²) >= 11 is 0. The molecule has 0 radical (unpaired) electrons. The van der Waals surface area contributed by atoms with Crippen molar-refractivity contribution in [3.63, 3.8) is 0 Å². The van der Waals surface area contributed by atoms with Crippen molar-refractivity contribution in [1.29, 1.82) is 0 Å². The van der Waals surface area contributed by atoms with E-state index in [0.717, 1.165) is 22.3 Å². The summed E-state index contributed by atoms with van der Waals surface area (Å²) in [6.45, 7) is 2.37. The second-order valence-electron chi connectivity index (χ2n) is 4.73. The van der Waals surface area contributed by atoms with Gasteiger partial charge >= 0.3 is 0 Å². The predicted molar refractivity (Wildman–Crippen MR) is 78.4 cm³/mol. The van der Waals surface area contributed by atoms with Crippen molar-refractivity contribution in [2.75, 3.05) is 0 Å². The Labute approximate surface area is 116 Å². The van der Waals surface area contributed by atoms with Crippen LogP contribution in [0.3, 0.4) is 0 Å². The van der Waals surface area contributed by atoms with E-state index >= 15 is 0 Å². The molecule has 4 heteroatoms. The summed E-state index contributed by atoms with van der Waals surface area (Å²) in [7, 11) is 0. The van der Waals surface area contributed by atoms with Gasteiger partial charge in [-0.3, -0.25) is 9.78 Å². The van der Waals surface area contributed by atoms with Crippen LogP contribution < -0.4 is 5.32 Å². The van der Waals surface area contributed by atoms with Gasteiger partial charge in [0.05, 0.1) is 12.2 Å². The molecule has 2 N–H and O–H groups in total. The number of carbonyl (C=O) groups is 1. The number of aromatic amines is 1. The topological polar surface area (TPSA) is 57.8 Å². The fraction of sp³-hybridized carbons (Fsp3) is 0.125. The van der Waals surface area contributed by atoms with Crippen molar-refractivity contribution in [3.8, 4) is 0 Å². The van der Waals surface area contributed by atoms with Crippen molar-refractivity contribution < 1.29 is 4.79 Å². The molecule has 0 aliphatic rings. The van der Waals surface area contributed by atoms with E-state index in [1.165, 1.54) is 0 Å². The summed E-state index contributed by atoms with van der Waals surface area (Å²) in [6.07, 6.45) is 1.86. The third-order valence-electron chi connectivity index (χ3n) is 3.19. The van der Waals surface area contributed by atoms with Crippen LogP contribution in [0.2, 0.25) is 0 Å². The summed E-state index contributed by atoms with van der Waals surface area (Å²) in [5.41, 5.74) is 3.50. The standard InChI is InChI=1S/C16H15N3O/c1-11-3-2-4-14(19-11)10-18-16(20)13-5-6-15-12(9-13)7-8-17-15/h2-9,17H,10H2,1H3,(H,18,20). The highest BCUT2D eigenvalue weighted by atomic mass is 16.1. The van der Waals surface area contributed by atoms with E-state index in [4.69, 9.17) is 0 Å². The van der Waals surface area contributed by atoms with Crippen molar-refractivity contribution in [1.82, 2.24) is 15.3 Å². The summed E-state index contributed by atoms with van der Waals surface area (Å²) in [5.74, 6) is -0.0867. The minimum atomic E-state index is -0.0867. The molecule has 1 amide bonds. The number of H-pyrrole nitrogens is 1. The summed E-state index contributed by atoms with van der Waals surface area (Å²) in [4.78, 5) is 19.6. The Morgan fingerprint density at radius 3 is 3.00 bits per heavy atom. The number of aryl methyl sites for hydroxylation is 1. The van der Waals surface area contributed by atoms with E-state index in [-0.39, 0.29) is 5.91 Å². The lowest BCUT2D eigenvalue weighted by molar-refractivity contribution is 0.0950. The monoisotopic (exact) mass is 265 g/mol. The van der Waals surface area contributed by atoms with Crippen LogP contribution in [0.15, 0.2) is 48.7 Å². The van der Waals surface area contributed by atoms with Crippen molar-refractivity contribution >= 4 is 16.8 Å². The van der Waals surface area contributed by atoms with Gasteiger partial charge in [0.2, 0.25) is 0 Å². The summed E-state index contributed by atoms with van der Waals surface area (Å²) in [5, 5.41) is 3.92. The summed E-state index contributed by atoms with van der Waals surface area (Å²) < 4.78 is 0. The molecule has 0 saturated heterocycles. The Morgan fingerprint density at radius 2 is 2.15 bits per heavy atom. The lowest BCUT2D eigenvalue weighted by Gasteiger charge is -2.05. The second-order valence-corrected chi connectivity index (χ2v) is 4.73. The van der Waals surface area contributed by atoms with E-state index in [1.807, 2.05) is 55.6 Å². The third kappa shape index (κ3) is 2.54. The number of rotatable bonds is 3. The minimum absolute atomic E-state index is 0.0867.